The minimum atomic E-state index is -1.34. The van der Waals surface area contributed by atoms with Gasteiger partial charge in [0.05, 0.1) is 5.92 Å². The summed E-state index contributed by atoms with van der Waals surface area (Å²) in [6, 6.07) is 0. The molecule has 0 aliphatic carbocycles. The van der Waals surface area contributed by atoms with E-state index in [0.29, 0.717) is 12.3 Å². The summed E-state index contributed by atoms with van der Waals surface area (Å²) >= 11 is 0. The molecule has 2 atom stereocenters. The Labute approximate surface area is 142 Å². The monoisotopic (exact) mass is 348 g/mol. The third-order valence-corrected chi connectivity index (χ3v) is 2.69. The van der Waals surface area contributed by atoms with Crippen LogP contribution in [-0.4, -0.2) is 36.2 Å². The second-order valence-corrected chi connectivity index (χ2v) is 5.74. The van der Waals surface area contributed by atoms with Gasteiger partial charge in [-0.2, -0.15) is 0 Å². The van der Waals surface area contributed by atoms with Gasteiger partial charge >= 0.3 is 18.4 Å². The molecule has 0 aromatic rings. The maximum Gasteiger partial charge on any atom is 0.310 e. The lowest BCUT2D eigenvalue weighted by atomic mass is 10.1. The zero-order valence-corrected chi connectivity index (χ0v) is 14.8. The van der Waals surface area contributed by atoms with Crippen LogP contribution in [0.3, 0.4) is 0 Å². The number of rotatable bonds is 11. The standard InChI is InChI=1S/C15H26N2O6.H2O/c1-10(2)7-6-8-13(19)23-15(17-16-9-18)22-12(5)21-14(20)11(3)4;/h10-12,15,17H,6-8H2,1-5H3;1H2/t12-,15-;/m0./s1. The van der Waals surface area contributed by atoms with E-state index < -0.39 is 24.6 Å². The van der Waals surface area contributed by atoms with Crippen molar-refractivity contribution in [2.75, 3.05) is 0 Å². The van der Waals surface area contributed by atoms with E-state index in [1.54, 1.807) is 13.8 Å². The van der Waals surface area contributed by atoms with Gasteiger partial charge in [0.15, 0.2) is 0 Å². The maximum atomic E-state index is 11.7. The number of nitrogens with one attached hydrogen (secondary N) is 1. The van der Waals surface area contributed by atoms with Crippen LogP contribution in [0.5, 0.6) is 0 Å². The predicted octanol–water partition coefficient (Wildman–Crippen LogP) is 1.22. The quantitative estimate of drug-likeness (QED) is 0.195. The van der Waals surface area contributed by atoms with Crippen LogP contribution in [0.1, 0.15) is 53.9 Å². The summed E-state index contributed by atoms with van der Waals surface area (Å²) in [7, 11) is 0. The number of isocyanates is 1. The molecule has 0 saturated carbocycles. The second-order valence-electron chi connectivity index (χ2n) is 5.74. The van der Waals surface area contributed by atoms with Crippen molar-refractivity contribution < 1.29 is 34.1 Å². The first-order chi connectivity index (χ1) is 10.8. The van der Waals surface area contributed by atoms with E-state index in [1.807, 2.05) is 0 Å². The number of esters is 2. The minimum Gasteiger partial charge on any atom is -0.436 e. The van der Waals surface area contributed by atoms with Crippen LogP contribution < -0.4 is 5.43 Å². The number of carbonyl (C=O) groups excluding carboxylic acids is 3. The Morgan fingerprint density at radius 2 is 1.75 bits per heavy atom. The highest BCUT2D eigenvalue weighted by Gasteiger charge is 2.21. The number of hydrogen-bond acceptors (Lipinski definition) is 8. The highest BCUT2D eigenvalue weighted by Crippen LogP contribution is 2.09. The van der Waals surface area contributed by atoms with Crippen LogP contribution in [0, 0.1) is 11.8 Å². The summed E-state index contributed by atoms with van der Waals surface area (Å²) in [5.41, 5.74) is 2.18. The van der Waals surface area contributed by atoms with Crippen molar-refractivity contribution in [3.05, 3.63) is 0 Å². The lowest BCUT2D eigenvalue weighted by molar-refractivity contribution is -0.242. The van der Waals surface area contributed by atoms with Gasteiger partial charge in [0.25, 0.3) is 6.08 Å². The summed E-state index contributed by atoms with van der Waals surface area (Å²) in [6.07, 6.45) is 0.716. The molecule has 0 unspecified atom stereocenters. The fraction of sp³-hybridized carbons (Fsp3) is 0.800. The van der Waals surface area contributed by atoms with Crippen molar-refractivity contribution in [2.45, 2.75) is 66.6 Å². The van der Waals surface area contributed by atoms with Crippen molar-refractivity contribution in [1.29, 1.82) is 0 Å². The predicted molar refractivity (Wildman–Crippen MR) is 84.9 cm³/mol. The molecule has 0 radical (unpaired) electrons. The van der Waals surface area contributed by atoms with E-state index in [4.69, 9.17) is 14.2 Å². The third kappa shape index (κ3) is 12.6. The summed E-state index contributed by atoms with van der Waals surface area (Å²) in [4.78, 5) is 33.3. The lowest BCUT2D eigenvalue weighted by Gasteiger charge is -2.22. The smallest absolute Gasteiger partial charge is 0.310 e. The fourth-order valence-electron chi connectivity index (χ4n) is 1.50. The van der Waals surface area contributed by atoms with Gasteiger partial charge < -0.3 is 14.9 Å². The topological polar surface area (TPSA) is 135 Å². The Hall–Kier alpha value is -1.96. The van der Waals surface area contributed by atoms with Crippen molar-refractivity contribution >= 4 is 18.0 Å². The fourth-order valence-corrected chi connectivity index (χ4v) is 1.50. The molecule has 0 aliphatic rings. The average molecular weight is 348 g/mol. The lowest BCUT2D eigenvalue weighted by Crippen LogP contribution is -2.37. The molecule has 0 aromatic heterocycles. The van der Waals surface area contributed by atoms with Gasteiger partial charge in [0, 0.05) is 6.42 Å². The Morgan fingerprint density at radius 3 is 2.25 bits per heavy atom. The highest BCUT2D eigenvalue weighted by molar-refractivity contribution is 5.71. The molecule has 9 nitrogen and oxygen atoms in total. The Bertz CT molecular complexity index is 420. The van der Waals surface area contributed by atoms with E-state index in [2.05, 4.69) is 24.4 Å². The van der Waals surface area contributed by atoms with Crippen LogP contribution >= 0.6 is 0 Å². The van der Waals surface area contributed by atoms with E-state index in [9.17, 15) is 14.4 Å². The van der Waals surface area contributed by atoms with Crippen molar-refractivity contribution in [3.8, 4) is 0 Å². The SMILES string of the molecule is CC(C)CCCC(=O)O[C@@H](NN=C=O)O[C@@H](C)OC(=O)C(C)C.O. The molecule has 0 fully saturated rings. The van der Waals surface area contributed by atoms with Gasteiger partial charge in [-0.3, -0.25) is 14.3 Å². The number of hydrogen-bond donors (Lipinski definition) is 1. The van der Waals surface area contributed by atoms with Crippen LogP contribution in [-0.2, 0) is 28.6 Å². The first-order valence-corrected chi connectivity index (χ1v) is 7.64. The third-order valence-electron chi connectivity index (χ3n) is 2.69. The van der Waals surface area contributed by atoms with Gasteiger partial charge in [-0.15, -0.1) is 0 Å². The highest BCUT2D eigenvalue weighted by atomic mass is 16.8. The summed E-state index contributed by atoms with van der Waals surface area (Å²) in [6.45, 7) is 8.93. The van der Waals surface area contributed by atoms with Crippen molar-refractivity contribution in [3.63, 3.8) is 0 Å². The van der Waals surface area contributed by atoms with Gasteiger partial charge in [-0.05, 0) is 19.3 Å². The van der Waals surface area contributed by atoms with Crippen LogP contribution in [0.4, 0.5) is 0 Å². The van der Waals surface area contributed by atoms with Gasteiger partial charge in [-0.1, -0.05) is 39.2 Å². The largest absolute Gasteiger partial charge is 0.436 e. The van der Waals surface area contributed by atoms with Gasteiger partial charge in [0.1, 0.15) is 0 Å². The Morgan fingerprint density at radius 1 is 1.12 bits per heavy atom. The van der Waals surface area contributed by atoms with Gasteiger partial charge in [-0.25, -0.2) is 10.2 Å². The summed E-state index contributed by atoms with van der Waals surface area (Å²) < 4.78 is 15.2. The number of nitrogens with zero attached hydrogens (tertiary/aromatic N) is 1. The molecule has 0 rings (SSSR count). The molecule has 0 saturated heterocycles. The molecule has 3 N–H and O–H groups in total. The molecular weight excluding hydrogens is 320 g/mol. The first kappa shape index (κ1) is 24.3. The number of carbonyl (C=O) groups is 2. The molecular formula is C15H28N2O7. The summed E-state index contributed by atoms with van der Waals surface area (Å²) in [5.74, 6) is -0.799. The molecule has 140 valence electrons. The normalized spacial score (nSPS) is 12.6. The summed E-state index contributed by atoms with van der Waals surface area (Å²) in [5, 5.41) is 3.10. The minimum absolute atomic E-state index is 0. The van der Waals surface area contributed by atoms with E-state index in [1.165, 1.54) is 13.0 Å². The molecule has 0 aliphatic heterocycles. The average Bonchev–Trinajstić information content (AvgIpc) is 2.43. The zero-order valence-electron chi connectivity index (χ0n) is 14.8. The number of hydrazone groups is 1. The number of ether oxygens (including phenoxy) is 3. The van der Waals surface area contributed by atoms with Crippen LogP contribution in [0.25, 0.3) is 0 Å². The van der Waals surface area contributed by atoms with E-state index >= 15 is 0 Å². The van der Waals surface area contributed by atoms with E-state index in [-0.39, 0.29) is 17.8 Å². The first-order valence-electron chi connectivity index (χ1n) is 7.64. The zero-order chi connectivity index (χ0) is 17.8. The van der Waals surface area contributed by atoms with Crippen LogP contribution in [0.15, 0.2) is 5.10 Å². The Balaban J connectivity index is 0. The molecule has 0 aromatic carbocycles. The van der Waals surface area contributed by atoms with Crippen molar-refractivity contribution in [1.82, 2.24) is 5.43 Å². The molecule has 0 bridgehead atoms. The van der Waals surface area contributed by atoms with Gasteiger partial charge in [0.2, 0.25) is 6.29 Å². The Kier molecular flexibility index (Phi) is 13.6. The van der Waals surface area contributed by atoms with Crippen molar-refractivity contribution in [2.24, 2.45) is 16.9 Å². The molecule has 0 heterocycles. The second kappa shape index (κ2) is 13.5. The van der Waals surface area contributed by atoms with Crippen LogP contribution in [0.2, 0.25) is 0 Å². The maximum absolute atomic E-state index is 11.7. The molecule has 24 heavy (non-hydrogen) atoms. The molecule has 9 heteroatoms. The molecule has 0 amide bonds. The molecule has 0 spiro atoms. The van der Waals surface area contributed by atoms with E-state index in [0.717, 1.165) is 6.42 Å².